The van der Waals surface area contributed by atoms with Crippen LogP contribution in [0, 0.1) is 0 Å². The van der Waals surface area contributed by atoms with Gasteiger partial charge in [-0.15, -0.1) is 11.8 Å². The average Bonchev–Trinajstić information content (AvgIpc) is 2.99. The SMILES string of the molecule is CCC(SCc1nc(-c2ccco2)no1)C(=O)O. The molecule has 0 saturated heterocycles. The number of hydrogen-bond acceptors (Lipinski definition) is 6. The van der Waals surface area contributed by atoms with Crippen LogP contribution in [0.25, 0.3) is 11.6 Å². The second kappa shape index (κ2) is 5.72. The van der Waals surface area contributed by atoms with Crippen LogP contribution in [0.1, 0.15) is 19.2 Å². The molecule has 2 heterocycles. The molecule has 0 aliphatic heterocycles. The number of rotatable bonds is 6. The van der Waals surface area contributed by atoms with Gasteiger partial charge >= 0.3 is 5.97 Å². The molecule has 0 saturated carbocycles. The molecule has 1 N–H and O–H groups in total. The molecule has 0 aliphatic carbocycles. The van der Waals surface area contributed by atoms with Crippen molar-refractivity contribution in [3.8, 4) is 11.6 Å². The lowest BCUT2D eigenvalue weighted by Gasteiger charge is -2.06. The fourth-order valence-corrected chi connectivity index (χ4v) is 2.19. The van der Waals surface area contributed by atoms with Gasteiger partial charge in [0, 0.05) is 0 Å². The molecular weight excluding hydrogens is 256 g/mol. The van der Waals surface area contributed by atoms with Gasteiger partial charge < -0.3 is 14.0 Å². The topological polar surface area (TPSA) is 89.4 Å². The summed E-state index contributed by atoms with van der Waals surface area (Å²) in [7, 11) is 0. The third-order valence-corrected chi connectivity index (χ3v) is 3.61. The maximum atomic E-state index is 10.8. The van der Waals surface area contributed by atoms with E-state index in [0.29, 0.717) is 29.6 Å². The smallest absolute Gasteiger partial charge is 0.316 e. The minimum absolute atomic E-state index is 0.374. The first-order valence-corrected chi connectivity index (χ1v) is 6.46. The highest BCUT2D eigenvalue weighted by Gasteiger charge is 2.18. The summed E-state index contributed by atoms with van der Waals surface area (Å²) in [6.45, 7) is 1.83. The van der Waals surface area contributed by atoms with Gasteiger partial charge in [0.2, 0.25) is 11.7 Å². The second-order valence-corrected chi connectivity index (χ2v) is 4.73. The van der Waals surface area contributed by atoms with E-state index in [0.717, 1.165) is 0 Å². The summed E-state index contributed by atoms with van der Waals surface area (Å²) in [4.78, 5) is 15.0. The molecule has 96 valence electrons. The first kappa shape index (κ1) is 12.7. The molecule has 6 nitrogen and oxygen atoms in total. The molecule has 0 spiro atoms. The number of carbonyl (C=O) groups is 1. The molecule has 18 heavy (non-hydrogen) atoms. The van der Waals surface area contributed by atoms with E-state index in [1.165, 1.54) is 18.0 Å². The van der Waals surface area contributed by atoms with Crippen molar-refractivity contribution < 1.29 is 18.8 Å². The Morgan fingerprint density at radius 2 is 2.44 bits per heavy atom. The van der Waals surface area contributed by atoms with Gasteiger partial charge in [-0.3, -0.25) is 4.79 Å². The number of aromatic nitrogens is 2. The number of nitrogens with zero attached hydrogens (tertiary/aromatic N) is 2. The summed E-state index contributed by atoms with van der Waals surface area (Å²) in [6.07, 6.45) is 2.08. The van der Waals surface area contributed by atoms with E-state index in [4.69, 9.17) is 14.0 Å². The largest absolute Gasteiger partial charge is 0.480 e. The highest BCUT2D eigenvalue weighted by Crippen LogP contribution is 2.22. The molecule has 0 aromatic carbocycles. The molecule has 2 aromatic heterocycles. The highest BCUT2D eigenvalue weighted by molar-refractivity contribution is 7.99. The predicted molar refractivity (Wildman–Crippen MR) is 65.0 cm³/mol. The molecule has 0 amide bonds. The lowest BCUT2D eigenvalue weighted by Crippen LogP contribution is -2.15. The van der Waals surface area contributed by atoms with Gasteiger partial charge in [0.05, 0.1) is 12.0 Å². The third-order valence-electron chi connectivity index (χ3n) is 2.26. The minimum atomic E-state index is -0.826. The summed E-state index contributed by atoms with van der Waals surface area (Å²) >= 11 is 1.27. The van der Waals surface area contributed by atoms with Crippen molar-refractivity contribution in [2.75, 3.05) is 0 Å². The summed E-state index contributed by atoms with van der Waals surface area (Å²) in [5.74, 6) is 0.844. The van der Waals surface area contributed by atoms with Crippen molar-refractivity contribution in [1.29, 1.82) is 0 Å². The highest BCUT2D eigenvalue weighted by atomic mass is 32.2. The Balaban J connectivity index is 1.97. The first-order valence-electron chi connectivity index (χ1n) is 5.41. The number of furan rings is 1. The summed E-state index contributed by atoms with van der Waals surface area (Å²) in [5.41, 5.74) is 0. The van der Waals surface area contributed by atoms with Gasteiger partial charge in [-0.1, -0.05) is 12.1 Å². The minimum Gasteiger partial charge on any atom is -0.480 e. The molecule has 1 atom stereocenters. The van der Waals surface area contributed by atoms with Crippen molar-refractivity contribution in [3.63, 3.8) is 0 Å². The Morgan fingerprint density at radius 1 is 1.61 bits per heavy atom. The molecule has 7 heteroatoms. The van der Waals surface area contributed by atoms with Gasteiger partial charge in [-0.25, -0.2) is 0 Å². The van der Waals surface area contributed by atoms with Crippen LogP contribution in [0.4, 0.5) is 0 Å². The van der Waals surface area contributed by atoms with E-state index in [1.54, 1.807) is 12.1 Å². The van der Waals surface area contributed by atoms with E-state index >= 15 is 0 Å². The molecule has 0 fully saturated rings. The zero-order chi connectivity index (χ0) is 13.0. The van der Waals surface area contributed by atoms with Gasteiger partial charge in [-0.05, 0) is 18.6 Å². The van der Waals surface area contributed by atoms with Crippen molar-refractivity contribution in [3.05, 3.63) is 24.3 Å². The number of carboxylic acid groups (broad SMARTS) is 1. The molecule has 2 rings (SSSR count). The number of carboxylic acids is 1. The Bertz CT molecular complexity index is 509. The first-order chi connectivity index (χ1) is 8.70. The van der Waals surface area contributed by atoms with Crippen molar-refractivity contribution in [1.82, 2.24) is 10.1 Å². The Labute approximate surface area is 107 Å². The molecule has 2 aromatic rings. The normalized spacial score (nSPS) is 12.5. The Hall–Kier alpha value is -1.76. The van der Waals surface area contributed by atoms with Crippen LogP contribution in [0.5, 0.6) is 0 Å². The number of thioether (sulfide) groups is 1. The van der Waals surface area contributed by atoms with Crippen molar-refractivity contribution in [2.45, 2.75) is 24.3 Å². The van der Waals surface area contributed by atoms with Crippen LogP contribution in [-0.2, 0) is 10.5 Å². The van der Waals surface area contributed by atoms with Crippen LogP contribution in [0.15, 0.2) is 27.3 Å². The lowest BCUT2D eigenvalue weighted by molar-refractivity contribution is -0.136. The van der Waals surface area contributed by atoms with Crippen LogP contribution in [-0.4, -0.2) is 26.5 Å². The van der Waals surface area contributed by atoms with Crippen molar-refractivity contribution >= 4 is 17.7 Å². The van der Waals surface area contributed by atoms with Gasteiger partial charge in [0.15, 0.2) is 5.76 Å². The molecule has 0 radical (unpaired) electrons. The quantitative estimate of drug-likeness (QED) is 0.860. The third kappa shape index (κ3) is 2.92. The van der Waals surface area contributed by atoms with Gasteiger partial charge in [-0.2, -0.15) is 4.98 Å². The van der Waals surface area contributed by atoms with E-state index in [2.05, 4.69) is 10.1 Å². The zero-order valence-corrected chi connectivity index (χ0v) is 10.5. The van der Waals surface area contributed by atoms with Crippen molar-refractivity contribution in [2.24, 2.45) is 0 Å². The fourth-order valence-electron chi connectivity index (χ4n) is 1.36. The van der Waals surface area contributed by atoms with Crippen LogP contribution >= 0.6 is 11.8 Å². The van der Waals surface area contributed by atoms with E-state index in [1.807, 2.05) is 6.92 Å². The lowest BCUT2D eigenvalue weighted by atomic mass is 10.3. The van der Waals surface area contributed by atoms with Crippen LogP contribution in [0.3, 0.4) is 0 Å². The van der Waals surface area contributed by atoms with Crippen LogP contribution in [0.2, 0.25) is 0 Å². The molecule has 1 unspecified atom stereocenters. The average molecular weight is 268 g/mol. The predicted octanol–water partition coefficient (Wildman–Crippen LogP) is 2.43. The second-order valence-electron chi connectivity index (χ2n) is 3.54. The van der Waals surface area contributed by atoms with Gasteiger partial charge in [0.1, 0.15) is 5.25 Å². The van der Waals surface area contributed by atoms with Crippen LogP contribution < -0.4 is 0 Å². The maximum absolute atomic E-state index is 10.8. The van der Waals surface area contributed by atoms with E-state index in [-0.39, 0.29) is 0 Å². The van der Waals surface area contributed by atoms with E-state index < -0.39 is 11.2 Å². The summed E-state index contributed by atoms with van der Waals surface area (Å²) < 4.78 is 10.2. The van der Waals surface area contributed by atoms with E-state index in [9.17, 15) is 4.79 Å². The molecule has 0 aliphatic rings. The standard InChI is InChI=1S/C11H12N2O4S/c1-2-8(11(14)15)18-6-9-12-10(13-17-9)7-4-3-5-16-7/h3-5,8H,2,6H2,1H3,(H,14,15). The summed E-state index contributed by atoms with van der Waals surface area (Å²) in [6, 6.07) is 3.46. The summed E-state index contributed by atoms with van der Waals surface area (Å²) in [5, 5.41) is 12.2. The number of hydrogen-bond donors (Lipinski definition) is 1. The molecular formula is C11H12N2O4S. The monoisotopic (exact) mass is 268 g/mol. The van der Waals surface area contributed by atoms with Gasteiger partial charge in [0.25, 0.3) is 0 Å². The maximum Gasteiger partial charge on any atom is 0.316 e. The fraction of sp³-hybridized carbons (Fsp3) is 0.364. The Kier molecular flexibility index (Phi) is 4.03. The molecule has 0 bridgehead atoms. The zero-order valence-electron chi connectivity index (χ0n) is 9.70. The number of aliphatic carboxylic acids is 1. The Morgan fingerprint density at radius 3 is 3.06 bits per heavy atom.